The number of amides is 2. The minimum Gasteiger partial charge on any atom is -0.381 e. The fourth-order valence-electron chi connectivity index (χ4n) is 2.53. The Bertz CT molecular complexity index is 511. The molecule has 1 aromatic carbocycles. The van der Waals surface area contributed by atoms with Crippen molar-refractivity contribution >= 4 is 6.03 Å². The number of hydrogen-bond donors (Lipinski definition) is 2. The number of hydrogen-bond acceptors (Lipinski definition) is 2. The van der Waals surface area contributed by atoms with E-state index in [0.29, 0.717) is 19.6 Å². The smallest absolute Gasteiger partial charge is 0.381 e. The van der Waals surface area contributed by atoms with E-state index in [9.17, 15) is 18.0 Å². The first-order chi connectivity index (χ1) is 10.8. The van der Waals surface area contributed by atoms with Crippen LogP contribution in [0, 0.1) is 0 Å². The van der Waals surface area contributed by atoms with Gasteiger partial charge in [0, 0.05) is 25.3 Å². The van der Waals surface area contributed by atoms with Crippen LogP contribution in [0.2, 0.25) is 0 Å². The molecule has 0 saturated carbocycles. The average Bonchev–Trinajstić information content (AvgIpc) is 2.47. The molecule has 0 radical (unpaired) electrons. The Hall–Kier alpha value is -1.76. The van der Waals surface area contributed by atoms with Gasteiger partial charge in [-0.3, -0.25) is 0 Å². The van der Waals surface area contributed by atoms with Gasteiger partial charge in [-0.05, 0) is 43.9 Å². The molecule has 0 aliphatic carbocycles. The average molecular weight is 330 g/mol. The fourth-order valence-corrected chi connectivity index (χ4v) is 2.53. The van der Waals surface area contributed by atoms with E-state index in [2.05, 4.69) is 10.6 Å². The summed E-state index contributed by atoms with van der Waals surface area (Å²) >= 11 is 0. The Balaban J connectivity index is 1.79. The highest BCUT2D eigenvalue weighted by Gasteiger charge is 2.30. The maximum atomic E-state index is 12.5. The van der Waals surface area contributed by atoms with Gasteiger partial charge in [0.05, 0.1) is 5.56 Å². The van der Waals surface area contributed by atoms with Gasteiger partial charge in [-0.1, -0.05) is 12.1 Å². The minimum atomic E-state index is -4.33. The van der Waals surface area contributed by atoms with Crippen molar-refractivity contribution in [2.75, 3.05) is 13.2 Å². The van der Waals surface area contributed by atoms with Crippen LogP contribution in [-0.2, 0) is 17.3 Å². The first-order valence-electron chi connectivity index (χ1n) is 7.65. The van der Waals surface area contributed by atoms with E-state index in [4.69, 9.17) is 4.74 Å². The summed E-state index contributed by atoms with van der Waals surface area (Å²) in [5.41, 5.74) is 0.0796. The molecule has 1 saturated heterocycles. The third kappa shape index (κ3) is 5.74. The summed E-state index contributed by atoms with van der Waals surface area (Å²) in [4.78, 5) is 11.9. The maximum absolute atomic E-state index is 12.5. The second-order valence-electron chi connectivity index (χ2n) is 5.80. The summed E-state index contributed by atoms with van der Waals surface area (Å²) in [6.07, 6.45) is -2.27. The zero-order valence-corrected chi connectivity index (χ0v) is 13.0. The molecule has 1 heterocycles. The molecule has 2 rings (SSSR count). The molecule has 2 N–H and O–H groups in total. The molecule has 0 bridgehead atoms. The van der Waals surface area contributed by atoms with Gasteiger partial charge in [0.1, 0.15) is 0 Å². The van der Waals surface area contributed by atoms with Crippen LogP contribution in [0.25, 0.3) is 0 Å². The predicted molar refractivity (Wildman–Crippen MR) is 80.1 cm³/mol. The molecule has 1 atom stereocenters. The zero-order valence-electron chi connectivity index (χ0n) is 13.0. The third-order valence-corrected chi connectivity index (χ3v) is 3.76. The van der Waals surface area contributed by atoms with Crippen LogP contribution in [0.5, 0.6) is 0 Å². The highest BCUT2D eigenvalue weighted by atomic mass is 19.4. The molecule has 4 nitrogen and oxygen atoms in total. The molecule has 1 fully saturated rings. The van der Waals surface area contributed by atoms with Crippen molar-refractivity contribution in [2.45, 2.75) is 44.4 Å². The van der Waals surface area contributed by atoms with Crippen molar-refractivity contribution in [3.05, 3.63) is 35.4 Å². The number of benzene rings is 1. The maximum Gasteiger partial charge on any atom is 0.416 e. The number of ether oxygens (including phenoxy) is 1. The Morgan fingerprint density at radius 3 is 2.43 bits per heavy atom. The summed E-state index contributed by atoms with van der Waals surface area (Å²) < 4.78 is 42.7. The highest BCUT2D eigenvalue weighted by Crippen LogP contribution is 2.29. The molecule has 0 unspecified atom stereocenters. The lowest BCUT2D eigenvalue weighted by atomic mass is 10.0. The Kier molecular flexibility index (Phi) is 5.87. The van der Waals surface area contributed by atoms with Crippen molar-refractivity contribution in [3.8, 4) is 0 Å². The van der Waals surface area contributed by atoms with Gasteiger partial charge in [0.15, 0.2) is 0 Å². The molecule has 23 heavy (non-hydrogen) atoms. The Labute approximate surface area is 133 Å². The van der Waals surface area contributed by atoms with E-state index < -0.39 is 11.7 Å². The lowest BCUT2D eigenvalue weighted by molar-refractivity contribution is -0.137. The van der Waals surface area contributed by atoms with Gasteiger partial charge < -0.3 is 15.4 Å². The van der Waals surface area contributed by atoms with Gasteiger partial charge in [0.25, 0.3) is 0 Å². The topological polar surface area (TPSA) is 50.4 Å². The number of halogens is 3. The number of carbonyl (C=O) groups is 1. The van der Waals surface area contributed by atoms with Gasteiger partial charge in [-0.25, -0.2) is 4.79 Å². The molecule has 128 valence electrons. The highest BCUT2D eigenvalue weighted by molar-refractivity contribution is 5.74. The van der Waals surface area contributed by atoms with E-state index in [1.54, 1.807) is 0 Å². The molecular weight excluding hydrogens is 309 g/mol. The monoisotopic (exact) mass is 330 g/mol. The van der Waals surface area contributed by atoms with Crippen molar-refractivity contribution < 1.29 is 22.7 Å². The molecule has 2 amide bonds. The molecule has 1 aromatic rings. The fraction of sp³-hybridized carbons (Fsp3) is 0.562. The van der Waals surface area contributed by atoms with E-state index in [1.165, 1.54) is 12.1 Å². The van der Waals surface area contributed by atoms with Crippen molar-refractivity contribution in [3.63, 3.8) is 0 Å². The molecule has 0 aromatic heterocycles. The number of urea groups is 1. The predicted octanol–water partition coefficient (Wildman–Crippen LogP) is 3.11. The van der Waals surface area contributed by atoms with Gasteiger partial charge >= 0.3 is 12.2 Å². The number of alkyl halides is 3. The van der Waals surface area contributed by atoms with Crippen LogP contribution in [0.15, 0.2) is 24.3 Å². The summed E-state index contributed by atoms with van der Waals surface area (Å²) in [5, 5.41) is 5.69. The number of carbonyl (C=O) groups excluding carboxylic acids is 1. The first kappa shape index (κ1) is 17.6. The lowest BCUT2D eigenvalue weighted by Crippen LogP contribution is -2.47. The lowest BCUT2D eigenvalue weighted by Gasteiger charge is -2.24. The first-order valence-corrected chi connectivity index (χ1v) is 7.65. The minimum absolute atomic E-state index is 0.113. The van der Waals surface area contributed by atoms with Gasteiger partial charge in [-0.15, -0.1) is 0 Å². The molecule has 1 aliphatic heterocycles. The summed E-state index contributed by atoms with van der Waals surface area (Å²) in [7, 11) is 0. The Morgan fingerprint density at radius 2 is 1.87 bits per heavy atom. The standard InChI is InChI=1S/C16H21F3N2O2/c1-11(20-15(22)21-14-6-8-23-9-7-14)10-12-2-4-13(5-3-12)16(17,18)19/h2-5,11,14H,6-10H2,1H3,(H2,20,21,22)/t11-/m1/s1. The van der Waals surface area contributed by atoms with Crippen LogP contribution in [0.4, 0.5) is 18.0 Å². The second-order valence-corrected chi connectivity index (χ2v) is 5.80. The van der Waals surface area contributed by atoms with E-state index in [1.807, 2.05) is 6.92 Å². The Morgan fingerprint density at radius 1 is 1.26 bits per heavy atom. The second kappa shape index (κ2) is 7.68. The van der Waals surface area contributed by atoms with Crippen molar-refractivity contribution in [1.82, 2.24) is 10.6 Å². The molecule has 0 spiro atoms. The van der Waals surface area contributed by atoms with Crippen LogP contribution >= 0.6 is 0 Å². The van der Waals surface area contributed by atoms with Crippen molar-refractivity contribution in [1.29, 1.82) is 0 Å². The molecule has 1 aliphatic rings. The largest absolute Gasteiger partial charge is 0.416 e. The van der Waals surface area contributed by atoms with E-state index in [-0.39, 0.29) is 18.1 Å². The number of rotatable bonds is 4. The van der Waals surface area contributed by atoms with Crippen LogP contribution < -0.4 is 10.6 Å². The van der Waals surface area contributed by atoms with Gasteiger partial charge in [0.2, 0.25) is 0 Å². The summed E-state index contributed by atoms with van der Waals surface area (Å²) in [5.74, 6) is 0. The van der Waals surface area contributed by atoms with Crippen LogP contribution in [-0.4, -0.2) is 31.3 Å². The van der Waals surface area contributed by atoms with Crippen molar-refractivity contribution in [2.24, 2.45) is 0 Å². The quantitative estimate of drug-likeness (QED) is 0.891. The SMILES string of the molecule is C[C@H](Cc1ccc(C(F)(F)F)cc1)NC(=O)NC1CCOCC1. The van der Waals surface area contributed by atoms with E-state index >= 15 is 0 Å². The van der Waals surface area contributed by atoms with Gasteiger partial charge in [-0.2, -0.15) is 13.2 Å². The third-order valence-electron chi connectivity index (χ3n) is 3.76. The number of nitrogens with one attached hydrogen (secondary N) is 2. The molecule has 7 heteroatoms. The summed E-state index contributed by atoms with van der Waals surface area (Å²) in [6.45, 7) is 3.11. The zero-order chi connectivity index (χ0) is 16.9. The van der Waals surface area contributed by atoms with Crippen LogP contribution in [0.3, 0.4) is 0 Å². The molecular formula is C16H21F3N2O2. The summed E-state index contributed by atoms with van der Waals surface area (Å²) in [6, 6.07) is 4.69. The van der Waals surface area contributed by atoms with E-state index in [0.717, 1.165) is 30.5 Å². The van der Waals surface area contributed by atoms with Crippen LogP contribution in [0.1, 0.15) is 30.9 Å². The normalized spacial score (nSPS) is 17.6.